The molecular formula is C32H42N8O5. The number of methoxy groups -OCH3 is 1. The van der Waals surface area contributed by atoms with Crippen molar-refractivity contribution in [2.24, 2.45) is 0 Å². The van der Waals surface area contributed by atoms with Crippen molar-refractivity contribution in [2.75, 3.05) is 73.7 Å². The highest BCUT2D eigenvalue weighted by molar-refractivity contribution is 6.02. The molecule has 13 nitrogen and oxygen atoms in total. The largest absolute Gasteiger partial charge is 0.494 e. The third-order valence-electron chi connectivity index (χ3n) is 6.51. The minimum atomic E-state index is -0.610. The van der Waals surface area contributed by atoms with E-state index in [4.69, 9.17) is 9.47 Å². The second kappa shape index (κ2) is 14.9. The van der Waals surface area contributed by atoms with Gasteiger partial charge in [-0.2, -0.15) is 4.98 Å². The smallest absolute Gasteiger partial charge is 0.410 e. The normalized spacial score (nSPS) is 10.8. The van der Waals surface area contributed by atoms with E-state index in [-0.39, 0.29) is 5.95 Å². The standard InChI is InChI=1S/C32H42N8O5/c1-10-29(42)34-22-19-23(27(44-9)20-26(22)38(7)17-18-39(8)31(43)45-32(2,3)4)35-30-33-16-15-28(36-30)40(21-41)25-14-12-11-13-24(25)37(5)6/h10-16,19-21H,1,17-18H2,2-9H3,(H,34,42)(H,33,35,36). The monoisotopic (exact) mass is 618 g/mol. The first-order chi connectivity index (χ1) is 21.3. The Labute approximate surface area is 264 Å². The van der Waals surface area contributed by atoms with Crippen molar-refractivity contribution in [1.29, 1.82) is 0 Å². The number of nitrogens with one attached hydrogen (secondary N) is 2. The minimum absolute atomic E-state index is 0.195. The number of ether oxygens (including phenoxy) is 2. The Morgan fingerprint density at radius 3 is 2.27 bits per heavy atom. The van der Waals surface area contributed by atoms with Crippen molar-refractivity contribution in [3.05, 3.63) is 61.3 Å². The van der Waals surface area contributed by atoms with E-state index < -0.39 is 17.6 Å². The third kappa shape index (κ3) is 9.08. The van der Waals surface area contributed by atoms with Gasteiger partial charge in [0.15, 0.2) is 0 Å². The van der Waals surface area contributed by atoms with Crippen LogP contribution in [0.2, 0.25) is 0 Å². The van der Waals surface area contributed by atoms with Crippen LogP contribution in [0.15, 0.2) is 61.3 Å². The van der Waals surface area contributed by atoms with Crippen LogP contribution in [0.3, 0.4) is 0 Å². The van der Waals surface area contributed by atoms with E-state index in [1.807, 2.05) is 76.0 Å². The Balaban J connectivity index is 1.93. The molecule has 0 unspecified atom stereocenters. The molecule has 0 bridgehead atoms. The lowest BCUT2D eigenvalue weighted by Crippen LogP contribution is -2.38. The maximum atomic E-state index is 12.4. The van der Waals surface area contributed by atoms with Gasteiger partial charge in [0.05, 0.1) is 35.5 Å². The van der Waals surface area contributed by atoms with Crippen LogP contribution in [-0.2, 0) is 14.3 Å². The molecule has 240 valence electrons. The van der Waals surface area contributed by atoms with Crippen LogP contribution < -0.4 is 30.1 Å². The van der Waals surface area contributed by atoms with Crippen LogP contribution in [0.4, 0.5) is 45.0 Å². The number of amides is 3. The van der Waals surface area contributed by atoms with Gasteiger partial charge in [0.2, 0.25) is 18.3 Å². The van der Waals surface area contributed by atoms with Gasteiger partial charge in [-0.25, -0.2) is 9.78 Å². The van der Waals surface area contributed by atoms with E-state index in [0.717, 1.165) is 5.69 Å². The fraction of sp³-hybridized carbons (Fsp3) is 0.344. The molecule has 2 aromatic carbocycles. The lowest BCUT2D eigenvalue weighted by Gasteiger charge is -2.28. The molecule has 2 N–H and O–H groups in total. The molecule has 13 heteroatoms. The van der Waals surface area contributed by atoms with Crippen molar-refractivity contribution >= 4 is 58.6 Å². The SMILES string of the molecule is C=CC(=O)Nc1cc(Nc2nccc(N(C=O)c3ccccc3N(C)C)n2)c(OC)cc1N(C)CCN(C)C(=O)OC(C)(C)C. The quantitative estimate of drug-likeness (QED) is 0.199. The Morgan fingerprint density at radius 2 is 1.67 bits per heavy atom. The van der Waals surface area contributed by atoms with Crippen molar-refractivity contribution in [2.45, 2.75) is 26.4 Å². The first-order valence-electron chi connectivity index (χ1n) is 14.2. The predicted octanol–water partition coefficient (Wildman–Crippen LogP) is 5.02. The van der Waals surface area contributed by atoms with Gasteiger partial charge in [0.1, 0.15) is 17.2 Å². The summed E-state index contributed by atoms with van der Waals surface area (Å²) in [6, 6.07) is 12.6. The van der Waals surface area contributed by atoms with Crippen molar-refractivity contribution in [1.82, 2.24) is 14.9 Å². The van der Waals surface area contributed by atoms with Crippen LogP contribution in [0.25, 0.3) is 0 Å². The molecule has 0 fully saturated rings. The van der Waals surface area contributed by atoms with Gasteiger partial charge in [-0.05, 0) is 51.1 Å². The van der Waals surface area contributed by atoms with E-state index in [0.29, 0.717) is 53.8 Å². The van der Waals surface area contributed by atoms with Gasteiger partial charge in [-0.15, -0.1) is 0 Å². The highest BCUT2D eigenvalue weighted by atomic mass is 16.6. The van der Waals surface area contributed by atoms with E-state index in [1.165, 1.54) is 29.2 Å². The molecular weight excluding hydrogens is 576 g/mol. The second-order valence-electron chi connectivity index (χ2n) is 11.3. The number of rotatable bonds is 13. The number of carbonyl (C=O) groups is 3. The zero-order chi connectivity index (χ0) is 33.3. The summed E-state index contributed by atoms with van der Waals surface area (Å²) in [6.45, 7) is 9.77. The summed E-state index contributed by atoms with van der Waals surface area (Å²) in [5.41, 5.74) is 2.42. The van der Waals surface area contributed by atoms with Crippen molar-refractivity contribution in [3.8, 4) is 5.75 Å². The van der Waals surface area contributed by atoms with Gasteiger partial charge in [0, 0.05) is 53.5 Å². The molecule has 0 spiro atoms. The molecule has 45 heavy (non-hydrogen) atoms. The van der Waals surface area contributed by atoms with E-state index in [9.17, 15) is 14.4 Å². The van der Waals surface area contributed by atoms with Gasteiger partial charge in [0.25, 0.3) is 0 Å². The summed E-state index contributed by atoms with van der Waals surface area (Å²) >= 11 is 0. The van der Waals surface area contributed by atoms with Crippen LogP contribution in [0, 0.1) is 0 Å². The van der Waals surface area contributed by atoms with E-state index in [1.54, 1.807) is 25.2 Å². The van der Waals surface area contributed by atoms with E-state index >= 15 is 0 Å². The highest BCUT2D eigenvalue weighted by Gasteiger charge is 2.22. The summed E-state index contributed by atoms with van der Waals surface area (Å²) in [4.78, 5) is 52.7. The topological polar surface area (TPSA) is 132 Å². The van der Waals surface area contributed by atoms with Gasteiger partial charge in [-0.1, -0.05) is 18.7 Å². The summed E-state index contributed by atoms with van der Waals surface area (Å²) in [6.07, 6.45) is 2.97. The number of para-hydroxylation sites is 2. The summed E-state index contributed by atoms with van der Waals surface area (Å²) in [5.74, 6) is 0.571. The maximum absolute atomic E-state index is 12.4. The molecule has 3 amide bonds. The van der Waals surface area contributed by atoms with E-state index in [2.05, 4.69) is 27.2 Å². The lowest BCUT2D eigenvalue weighted by molar-refractivity contribution is -0.112. The van der Waals surface area contributed by atoms with Crippen LogP contribution >= 0.6 is 0 Å². The number of anilines is 7. The molecule has 1 aromatic heterocycles. The molecule has 0 radical (unpaired) electrons. The van der Waals surface area contributed by atoms with Gasteiger partial charge >= 0.3 is 6.09 Å². The summed E-state index contributed by atoms with van der Waals surface area (Å²) in [5, 5.41) is 5.99. The fourth-order valence-electron chi connectivity index (χ4n) is 4.23. The number of nitrogens with zero attached hydrogens (tertiary/aromatic N) is 6. The second-order valence-corrected chi connectivity index (χ2v) is 11.3. The maximum Gasteiger partial charge on any atom is 0.410 e. The fourth-order valence-corrected chi connectivity index (χ4v) is 4.23. The Hall–Kier alpha value is -5.33. The minimum Gasteiger partial charge on any atom is -0.494 e. The molecule has 0 atom stereocenters. The molecule has 1 heterocycles. The molecule has 0 aliphatic rings. The number of likely N-dealkylation sites (N-methyl/N-ethyl adjacent to an activating group) is 2. The molecule has 0 aliphatic carbocycles. The summed E-state index contributed by atoms with van der Waals surface area (Å²) < 4.78 is 11.1. The zero-order valence-corrected chi connectivity index (χ0v) is 27.1. The average molecular weight is 619 g/mol. The van der Waals surface area contributed by atoms with Crippen LogP contribution in [0.5, 0.6) is 5.75 Å². The predicted molar refractivity (Wildman–Crippen MR) is 178 cm³/mol. The van der Waals surface area contributed by atoms with Crippen molar-refractivity contribution in [3.63, 3.8) is 0 Å². The Bertz CT molecular complexity index is 1520. The molecule has 0 saturated heterocycles. The number of benzene rings is 2. The number of hydrogen-bond acceptors (Lipinski definition) is 10. The Kier molecular flexibility index (Phi) is 11.3. The summed E-state index contributed by atoms with van der Waals surface area (Å²) in [7, 11) is 8.80. The Morgan fingerprint density at radius 1 is 0.978 bits per heavy atom. The molecule has 0 saturated carbocycles. The highest BCUT2D eigenvalue weighted by Crippen LogP contribution is 2.38. The number of carbonyl (C=O) groups excluding carboxylic acids is 3. The van der Waals surface area contributed by atoms with Gasteiger partial charge < -0.3 is 34.8 Å². The van der Waals surface area contributed by atoms with Crippen molar-refractivity contribution < 1.29 is 23.9 Å². The molecule has 3 aromatic rings. The van der Waals surface area contributed by atoms with Gasteiger partial charge in [-0.3, -0.25) is 14.5 Å². The number of hydrogen-bond donors (Lipinski definition) is 2. The molecule has 3 rings (SSSR count). The van der Waals surface area contributed by atoms with Crippen LogP contribution in [-0.4, -0.2) is 87.3 Å². The molecule has 0 aliphatic heterocycles. The zero-order valence-electron chi connectivity index (χ0n) is 27.1. The third-order valence-corrected chi connectivity index (χ3v) is 6.51. The van der Waals surface area contributed by atoms with Crippen LogP contribution in [0.1, 0.15) is 20.8 Å². The first-order valence-corrected chi connectivity index (χ1v) is 14.2. The lowest BCUT2D eigenvalue weighted by atomic mass is 10.2. The first kappa shape index (κ1) is 34.2. The average Bonchev–Trinajstić information content (AvgIpc) is 2.99. The number of aromatic nitrogens is 2.